The Bertz CT molecular complexity index is 797. The maximum Gasteiger partial charge on any atom is 0.325 e. The van der Waals surface area contributed by atoms with Gasteiger partial charge in [0, 0.05) is 4.88 Å². The molecule has 9 heteroatoms. The van der Waals surface area contributed by atoms with E-state index in [1.807, 2.05) is 13.8 Å². The fraction of sp³-hybridized carbons (Fsp3) is 0.429. The van der Waals surface area contributed by atoms with Gasteiger partial charge in [-0.15, -0.1) is 11.3 Å². The van der Waals surface area contributed by atoms with Gasteiger partial charge in [0.15, 0.2) is 5.16 Å². The summed E-state index contributed by atoms with van der Waals surface area (Å²) >= 11 is 2.57. The summed E-state index contributed by atoms with van der Waals surface area (Å²) in [6, 6.07) is 0. The number of amides is 1. The lowest BCUT2D eigenvalue weighted by atomic mass is 10.2. The number of ether oxygens (including phenoxy) is 1. The van der Waals surface area contributed by atoms with Crippen molar-refractivity contribution in [2.24, 2.45) is 0 Å². The summed E-state index contributed by atoms with van der Waals surface area (Å²) in [6.45, 7) is 5.63. The van der Waals surface area contributed by atoms with Crippen molar-refractivity contribution in [1.82, 2.24) is 15.3 Å². The summed E-state index contributed by atoms with van der Waals surface area (Å²) in [7, 11) is 0. The minimum absolute atomic E-state index is 0.0528. The summed E-state index contributed by atoms with van der Waals surface area (Å²) in [4.78, 5) is 43.7. The first-order valence-corrected chi connectivity index (χ1v) is 8.77. The molecule has 1 amide bonds. The van der Waals surface area contributed by atoms with E-state index in [9.17, 15) is 14.4 Å². The molecule has 2 rings (SSSR count). The highest BCUT2D eigenvalue weighted by molar-refractivity contribution is 7.99. The minimum atomic E-state index is -0.483. The molecule has 0 radical (unpaired) electrons. The second kappa shape index (κ2) is 7.60. The maximum atomic E-state index is 12.1. The number of rotatable bonds is 6. The third-order valence-corrected chi connectivity index (χ3v) is 5.07. The SMILES string of the molecule is CCOC(=O)CNC(=O)CSc1nc2sc(C)c(C)c2c(=O)[nH]1. The third kappa shape index (κ3) is 4.32. The molecule has 0 unspecified atom stereocenters. The van der Waals surface area contributed by atoms with E-state index in [1.54, 1.807) is 6.92 Å². The van der Waals surface area contributed by atoms with Crippen LogP contribution in [-0.4, -0.2) is 40.7 Å². The molecule has 2 heterocycles. The lowest BCUT2D eigenvalue weighted by Gasteiger charge is -2.04. The van der Waals surface area contributed by atoms with E-state index in [0.717, 1.165) is 22.2 Å². The standard InChI is InChI=1S/C14H17N3O4S2/c1-4-21-10(19)5-15-9(18)6-22-14-16-12(20)11-7(2)8(3)23-13(11)17-14/h4-6H2,1-3H3,(H,15,18)(H,16,17,20). The van der Waals surface area contributed by atoms with E-state index in [-0.39, 0.29) is 30.4 Å². The number of H-pyrrole nitrogens is 1. The van der Waals surface area contributed by atoms with Crippen LogP contribution in [0.25, 0.3) is 10.2 Å². The first-order valence-electron chi connectivity index (χ1n) is 6.97. The Morgan fingerprint density at radius 2 is 2.13 bits per heavy atom. The molecule has 0 aliphatic rings. The average molecular weight is 355 g/mol. The Balaban J connectivity index is 1.98. The molecule has 0 aromatic carbocycles. The van der Waals surface area contributed by atoms with E-state index in [4.69, 9.17) is 4.74 Å². The monoisotopic (exact) mass is 355 g/mol. The molecule has 0 aliphatic carbocycles. The second-order valence-corrected chi connectivity index (χ2v) is 6.87. The van der Waals surface area contributed by atoms with Crippen molar-refractivity contribution in [3.63, 3.8) is 0 Å². The zero-order chi connectivity index (χ0) is 17.0. The van der Waals surface area contributed by atoms with Crippen LogP contribution in [0.2, 0.25) is 0 Å². The molecule has 0 atom stereocenters. The maximum absolute atomic E-state index is 12.1. The molecular formula is C14H17N3O4S2. The van der Waals surface area contributed by atoms with E-state index < -0.39 is 5.97 Å². The van der Waals surface area contributed by atoms with Crippen LogP contribution in [0.4, 0.5) is 0 Å². The van der Waals surface area contributed by atoms with Crippen LogP contribution in [0, 0.1) is 13.8 Å². The topological polar surface area (TPSA) is 101 Å². The number of hydrogen-bond acceptors (Lipinski definition) is 7. The molecule has 23 heavy (non-hydrogen) atoms. The number of nitrogens with zero attached hydrogens (tertiary/aromatic N) is 1. The number of thioether (sulfide) groups is 1. The van der Waals surface area contributed by atoms with Gasteiger partial charge in [-0.2, -0.15) is 0 Å². The van der Waals surface area contributed by atoms with E-state index in [0.29, 0.717) is 15.4 Å². The highest BCUT2D eigenvalue weighted by Gasteiger charge is 2.13. The van der Waals surface area contributed by atoms with Crippen molar-refractivity contribution in [2.75, 3.05) is 18.9 Å². The average Bonchev–Trinajstić information content (AvgIpc) is 2.78. The number of aromatic nitrogens is 2. The first-order chi connectivity index (χ1) is 10.9. The Morgan fingerprint density at radius 1 is 1.39 bits per heavy atom. The molecule has 2 N–H and O–H groups in total. The summed E-state index contributed by atoms with van der Waals surface area (Å²) in [5.41, 5.74) is 0.730. The summed E-state index contributed by atoms with van der Waals surface area (Å²) < 4.78 is 4.71. The van der Waals surface area contributed by atoms with Crippen LogP contribution in [0.15, 0.2) is 9.95 Å². The number of esters is 1. The molecule has 0 saturated heterocycles. The lowest BCUT2D eigenvalue weighted by molar-refractivity contribution is -0.143. The Hall–Kier alpha value is -1.87. The van der Waals surface area contributed by atoms with Crippen molar-refractivity contribution in [2.45, 2.75) is 25.9 Å². The molecule has 0 spiro atoms. The van der Waals surface area contributed by atoms with Crippen molar-refractivity contribution < 1.29 is 14.3 Å². The summed E-state index contributed by atoms with van der Waals surface area (Å²) in [6.07, 6.45) is 0. The van der Waals surface area contributed by atoms with Gasteiger partial charge in [0.05, 0.1) is 17.7 Å². The molecule has 0 fully saturated rings. The lowest BCUT2D eigenvalue weighted by Crippen LogP contribution is -2.31. The molecule has 124 valence electrons. The molecule has 2 aromatic heterocycles. The fourth-order valence-corrected chi connectivity index (χ4v) is 3.65. The van der Waals surface area contributed by atoms with E-state index in [2.05, 4.69) is 15.3 Å². The molecular weight excluding hydrogens is 338 g/mol. The summed E-state index contributed by atoms with van der Waals surface area (Å²) in [5.74, 6) is -0.760. The number of carbonyl (C=O) groups excluding carboxylic acids is 2. The molecule has 0 aliphatic heterocycles. The quantitative estimate of drug-likeness (QED) is 0.461. The van der Waals surface area contributed by atoms with Crippen LogP contribution in [0.1, 0.15) is 17.4 Å². The van der Waals surface area contributed by atoms with Gasteiger partial charge in [-0.1, -0.05) is 11.8 Å². The highest BCUT2D eigenvalue weighted by atomic mass is 32.2. The van der Waals surface area contributed by atoms with Crippen LogP contribution in [0.3, 0.4) is 0 Å². The Labute approximate surface area is 140 Å². The van der Waals surface area contributed by atoms with E-state index >= 15 is 0 Å². The Kier molecular flexibility index (Phi) is 5.78. The van der Waals surface area contributed by atoms with Crippen LogP contribution in [0.5, 0.6) is 0 Å². The number of hydrogen-bond donors (Lipinski definition) is 2. The largest absolute Gasteiger partial charge is 0.465 e. The van der Waals surface area contributed by atoms with Gasteiger partial charge in [-0.05, 0) is 26.3 Å². The number of aryl methyl sites for hydroxylation is 2. The summed E-state index contributed by atoms with van der Waals surface area (Å²) in [5, 5.41) is 3.44. The fourth-order valence-electron chi connectivity index (χ4n) is 1.87. The van der Waals surface area contributed by atoms with Crippen molar-refractivity contribution >= 4 is 45.2 Å². The molecule has 0 bridgehead atoms. The van der Waals surface area contributed by atoms with Gasteiger partial charge in [-0.25, -0.2) is 4.98 Å². The van der Waals surface area contributed by atoms with Gasteiger partial charge in [0.1, 0.15) is 11.4 Å². The van der Waals surface area contributed by atoms with E-state index in [1.165, 1.54) is 11.3 Å². The highest BCUT2D eigenvalue weighted by Crippen LogP contribution is 2.27. The number of thiophene rings is 1. The van der Waals surface area contributed by atoms with Gasteiger partial charge >= 0.3 is 5.97 Å². The number of aromatic amines is 1. The smallest absolute Gasteiger partial charge is 0.325 e. The van der Waals surface area contributed by atoms with Crippen molar-refractivity contribution in [1.29, 1.82) is 0 Å². The van der Waals surface area contributed by atoms with Gasteiger partial charge in [-0.3, -0.25) is 14.4 Å². The predicted molar refractivity (Wildman–Crippen MR) is 90.1 cm³/mol. The van der Waals surface area contributed by atoms with Crippen LogP contribution < -0.4 is 10.9 Å². The molecule has 2 aromatic rings. The predicted octanol–water partition coefficient (Wildman–Crippen LogP) is 1.37. The normalized spacial score (nSPS) is 10.7. The number of fused-ring (bicyclic) bond motifs is 1. The number of carbonyl (C=O) groups is 2. The second-order valence-electron chi connectivity index (χ2n) is 4.70. The third-order valence-electron chi connectivity index (χ3n) is 3.09. The molecule has 7 nitrogen and oxygen atoms in total. The van der Waals surface area contributed by atoms with Crippen molar-refractivity contribution in [3.05, 3.63) is 20.8 Å². The minimum Gasteiger partial charge on any atom is -0.465 e. The van der Waals surface area contributed by atoms with Gasteiger partial charge in [0.25, 0.3) is 5.56 Å². The Morgan fingerprint density at radius 3 is 2.83 bits per heavy atom. The molecule has 0 saturated carbocycles. The van der Waals surface area contributed by atoms with Gasteiger partial charge in [0.2, 0.25) is 5.91 Å². The zero-order valence-electron chi connectivity index (χ0n) is 13.0. The first kappa shape index (κ1) is 17.5. The van der Waals surface area contributed by atoms with Crippen LogP contribution in [-0.2, 0) is 14.3 Å². The van der Waals surface area contributed by atoms with Crippen LogP contribution >= 0.6 is 23.1 Å². The number of nitrogens with one attached hydrogen (secondary N) is 2. The van der Waals surface area contributed by atoms with Crippen molar-refractivity contribution in [3.8, 4) is 0 Å². The van der Waals surface area contributed by atoms with Gasteiger partial charge < -0.3 is 15.0 Å². The zero-order valence-corrected chi connectivity index (χ0v) is 14.7.